The lowest BCUT2D eigenvalue weighted by Gasteiger charge is -1.99. The van der Waals surface area contributed by atoms with Crippen molar-refractivity contribution in [2.45, 2.75) is 6.92 Å². The van der Waals surface area contributed by atoms with Crippen LogP contribution in [0.3, 0.4) is 0 Å². The fraction of sp³-hybridized carbons (Fsp3) is 0.222. The third kappa shape index (κ3) is 2.27. The molecule has 64 valence electrons. The second-order valence-electron chi connectivity index (χ2n) is 2.57. The van der Waals surface area contributed by atoms with Crippen molar-refractivity contribution in [1.82, 2.24) is 4.98 Å². The van der Waals surface area contributed by atoms with Gasteiger partial charge in [-0.15, -0.1) is 0 Å². The van der Waals surface area contributed by atoms with Gasteiger partial charge in [0.1, 0.15) is 5.82 Å². The van der Waals surface area contributed by atoms with Crippen molar-refractivity contribution in [3.05, 3.63) is 29.5 Å². The summed E-state index contributed by atoms with van der Waals surface area (Å²) in [5.74, 6) is 1.28. The molecule has 1 aromatic rings. The predicted octanol–water partition coefficient (Wildman–Crippen LogP) is 1.92. The van der Waals surface area contributed by atoms with Crippen LogP contribution < -0.4 is 5.73 Å². The second-order valence-corrected chi connectivity index (χ2v) is 2.94. The molecule has 0 aliphatic heterocycles. The van der Waals surface area contributed by atoms with Gasteiger partial charge in [0.05, 0.1) is 0 Å². The fourth-order valence-corrected chi connectivity index (χ4v) is 1.02. The minimum Gasteiger partial charge on any atom is -0.383 e. The summed E-state index contributed by atoms with van der Waals surface area (Å²) in [6, 6.07) is 2.00. The highest BCUT2D eigenvalue weighted by Gasteiger charge is 1.95. The molecule has 3 heteroatoms. The number of rotatable bonds is 2. The number of thiol groups is 1. The Hall–Kier alpha value is -0.960. The molecular weight excluding hydrogens is 168 g/mol. The van der Waals surface area contributed by atoms with E-state index in [9.17, 15) is 0 Å². The zero-order valence-corrected chi connectivity index (χ0v) is 7.88. The third-order valence-electron chi connectivity index (χ3n) is 1.49. The van der Waals surface area contributed by atoms with Crippen LogP contribution in [0.25, 0.3) is 6.08 Å². The van der Waals surface area contributed by atoms with Gasteiger partial charge in [0.25, 0.3) is 0 Å². The minimum atomic E-state index is 0.568. The van der Waals surface area contributed by atoms with E-state index < -0.39 is 0 Å². The van der Waals surface area contributed by atoms with Crippen molar-refractivity contribution < 1.29 is 0 Å². The fourth-order valence-electron chi connectivity index (χ4n) is 0.916. The predicted molar refractivity (Wildman–Crippen MR) is 56.3 cm³/mol. The molecule has 0 saturated carbocycles. The molecule has 1 heterocycles. The lowest BCUT2D eigenvalue weighted by Crippen LogP contribution is -1.93. The lowest BCUT2D eigenvalue weighted by atomic mass is 10.2. The van der Waals surface area contributed by atoms with Gasteiger partial charge in [-0.2, -0.15) is 12.6 Å². The SMILES string of the molecule is Cc1cnc(N)c(C=CCS)c1. The first-order chi connectivity index (χ1) is 5.74. The van der Waals surface area contributed by atoms with Crippen molar-refractivity contribution in [2.24, 2.45) is 0 Å². The molecular formula is C9H12N2S. The molecule has 0 spiro atoms. The molecule has 0 bridgehead atoms. The zero-order valence-electron chi connectivity index (χ0n) is 6.99. The standard InChI is InChI=1S/C9H12N2S/c1-7-5-8(3-2-4-12)9(10)11-6-7/h2-3,5-6,12H,4H2,1H3,(H2,10,11). The van der Waals surface area contributed by atoms with Crippen LogP contribution >= 0.6 is 12.6 Å². The Bertz CT molecular complexity index is 295. The summed E-state index contributed by atoms with van der Waals surface area (Å²) < 4.78 is 0. The van der Waals surface area contributed by atoms with Gasteiger partial charge in [-0.05, 0) is 18.6 Å². The topological polar surface area (TPSA) is 38.9 Å². The van der Waals surface area contributed by atoms with E-state index in [0.29, 0.717) is 11.6 Å². The summed E-state index contributed by atoms with van der Waals surface area (Å²) >= 11 is 4.06. The summed E-state index contributed by atoms with van der Waals surface area (Å²) in [7, 11) is 0. The van der Waals surface area contributed by atoms with Crippen molar-refractivity contribution in [1.29, 1.82) is 0 Å². The lowest BCUT2D eigenvalue weighted by molar-refractivity contribution is 1.27. The number of pyridine rings is 1. The van der Waals surface area contributed by atoms with Crippen LogP contribution in [-0.2, 0) is 0 Å². The van der Waals surface area contributed by atoms with E-state index >= 15 is 0 Å². The van der Waals surface area contributed by atoms with E-state index in [1.807, 2.05) is 25.1 Å². The number of nitrogens with zero attached hydrogens (tertiary/aromatic N) is 1. The Labute approximate surface area is 77.9 Å². The van der Waals surface area contributed by atoms with Crippen molar-refractivity contribution in [2.75, 3.05) is 11.5 Å². The van der Waals surface area contributed by atoms with E-state index in [2.05, 4.69) is 17.6 Å². The molecule has 0 saturated heterocycles. The maximum absolute atomic E-state index is 5.64. The van der Waals surface area contributed by atoms with Crippen LogP contribution in [0.4, 0.5) is 5.82 Å². The summed E-state index contributed by atoms with van der Waals surface area (Å²) in [5, 5.41) is 0. The highest BCUT2D eigenvalue weighted by Crippen LogP contribution is 2.11. The van der Waals surface area contributed by atoms with Crippen LogP contribution in [0.5, 0.6) is 0 Å². The number of aromatic nitrogens is 1. The van der Waals surface area contributed by atoms with Gasteiger partial charge in [0.15, 0.2) is 0 Å². The van der Waals surface area contributed by atoms with Gasteiger partial charge >= 0.3 is 0 Å². The van der Waals surface area contributed by atoms with Gasteiger partial charge in [-0.3, -0.25) is 0 Å². The van der Waals surface area contributed by atoms with Gasteiger partial charge in [0.2, 0.25) is 0 Å². The second kappa shape index (κ2) is 4.16. The molecule has 0 atom stereocenters. The Kier molecular flexibility index (Phi) is 3.17. The third-order valence-corrected chi connectivity index (χ3v) is 1.70. The molecule has 0 aliphatic rings. The van der Waals surface area contributed by atoms with Gasteiger partial charge in [-0.1, -0.05) is 12.2 Å². The minimum absolute atomic E-state index is 0.568. The molecule has 0 fully saturated rings. The van der Waals surface area contributed by atoms with E-state index in [4.69, 9.17) is 5.73 Å². The van der Waals surface area contributed by atoms with Crippen LogP contribution in [0, 0.1) is 6.92 Å². The highest BCUT2D eigenvalue weighted by atomic mass is 32.1. The van der Waals surface area contributed by atoms with Crippen molar-refractivity contribution in [3.63, 3.8) is 0 Å². The molecule has 0 radical (unpaired) electrons. The molecule has 0 unspecified atom stereocenters. The molecule has 2 N–H and O–H groups in total. The average molecular weight is 180 g/mol. The maximum atomic E-state index is 5.64. The zero-order chi connectivity index (χ0) is 8.97. The Morgan fingerprint density at radius 2 is 2.42 bits per heavy atom. The quantitative estimate of drug-likeness (QED) is 0.682. The molecule has 2 nitrogen and oxygen atoms in total. The van der Waals surface area contributed by atoms with E-state index in [1.54, 1.807) is 6.20 Å². The Morgan fingerprint density at radius 1 is 1.67 bits per heavy atom. The normalized spacial score (nSPS) is 10.8. The monoisotopic (exact) mass is 180 g/mol. The van der Waals surface area contributed by atoms with Gasteiger partial charge < -0.3 is 5.73 Å². The molecule has 1 rings (SSSR count). The average Bonchev–Trinajstić information content (AvgIpc) is 2.07. The molecule has 1 aromatic heterocycles. The van der Waals surface area contributed by atoms with E-state index in [1.165, 1.54) is 0 Å². The highest BCUT2D eigenvalue weighted by molar-refractivity contribution is 7.80. The smallest absolute Gasteiger partial charge is 0.130 e. The first kappa shape index (κ1) is 9.13. The Balaban J connectivity index is 2.97. The van der Waals surface area contributed by atoms with E-state index in [0.717, 1.165) is 11.1 Å². The number of nitrogen functional groups attached to an aromatic ring is 1. The number of hydrogen-bond donors (Lipinski definition) is 2. The van der Waals surface area contributed by atoms with Crippen LogP contribution in [0.15, 0.2) is 18.3 Å². The van der Waals surface area contributed by atoms with Crippen molar-refractivity contribution in [3.8, 4) is 0 Å². The largest absolute Gasteiger partial charge is 0.383 e. The first-order valence-corrected chi connectivity index (χ1v) is 4.37. The summed E-state index contributed by atoms with van der Waals surface area (Å²) in [6.07, 6.45) is 5.63. The summed E-state index contributed by atoms with van der Waals surface area (Å²) in [6.45, 7) is 1.99. The number of hydrogen-bond acceptors (Lipinski definition) is 3. The Morgan fingerprint density at radius 3 is 3.08 bits per heavy atom. The van der Waals surface area contributed by atoms with Crippen LogP contribution in [0.1, 0.15) is 11.1 Å². The van der Waals surface area contributed by atoms with E-state index in [-0.39, 0.29) is 0 Å². The van der Waals surface area contributed by atoms with Gasteiger partial charge in [-0.25, -0.2) is 4.98 Å². The van der Waals surface area contributed by atoms with Crippen LogP contribution in [0.2, 0.25) is 0 Å². The number of anilines is 1. The summed E-state index contributed by atoms with van der Waals surface area (Å²) in [5.41, 5.74) is 7.72. The molecule has 0 aromatic carbocycles. The summed E-state index contributed by atoms with van der Waals surface area (Å²) in [4.78, 5) is 4.03. The molecule has 0 aliphatic carbocycles. The maximum Gasteiger partial charge on any atom is 0.130 e. The van der Waals surface area contributed by atoms with Gasteiger partial charge in [0, 0.05) is 17.5 Å². The molecule has 12 heavy (non-hydrogen) atoms. The molecule has 0 amide bonds. The van der Waals surface area contributed by atoms with Crippen molar-refractivity contribution >= 4 is 24.5 Å². The first-order valence-electron chi connectivity index (χ1n) is 3.73. The number of nitrogens with two attached hydrogens (primary N) is 1. The number of aryl methyl sites for hydroxylation is 1. The van der Waals surface area contributed by atoms with Crippen LogP contribution in [-0.4, -0.2) is 10.7 Å².